The number of carbonyl (C=O) groups is 3. The van der Waals surface area contributed by atoms with Gasteiger partial charge in [0.1, 0.15) is 0 Å². The van der Waals surface area contributed by atoms with Gasteiger partial charge in [-0.15, -0.1) is 0 Å². The van der Waals surface area contributed by atoms with Crippen LogP contribution >= 0.6 is 0 Å². The van der Waals surface area contributed by atoms with Crippen LogP contribution in [0.2, 0.25) is 0 Å². The zero-order valence-corrected chi connectivity index (χ0v) is 15.3. The molecule has 1 atom stereocenters. The molecule has 1 saturated heterocycles. The minimum Gasteiger partial charge on any atom is -0.351 e. The molecule has 1 aromatic carbocycles. The van der Waals surface area contributed by atoms with E-state index in [2.05, 4.69) is 10.6 Å². The summed E-state index contributed by atoms with van der Waals surface area (Å²) in [6.07, 6.45) is -0.384. The number of carbonyl (C=O) groups excluding carboxylic acids is 3. The Morgan fingerprint density at radius 2 is 1.92 bits per heavy atom. The van der Waals surface area contributed by atoms with Crippen LogP contribution in [0, 0.1) is 6.92 Å². The number of hydrogen-bond acceptors (Lipinski definition) is 4. The van der Waals surface area contributed by atoms with E-state index < -0.39 is 12.1 Å². The van der Waals surface area contributed by atoms with E-state index in [1.54, 1.807) is 25.1 Å². The minimum atomic E-state index is -0.991. The predicted octanol–water partition coefficient (Wildman–Crippen LogP) is 0.273. The molecule has 1 fully saturated rings. The van der Waals surface area contributed by atoms with Crippen molar-refractivity contribution in [2.24, 2.45) is 5.73 Å². The van der Waals surface area contributed by atoms with E-state index in [1.165, 1.54) is 9.80 Å². The van der Waals surface area contributed by atoms with Crippen molar-refractivity contribution in [1.29, 1.82) is 0 Å². The third kappa shape index (κ3) is 4.51. The first-order valence-corrected chi connectivity index (χ1v) is 8.89. The Morgan fingerprint density at radius 3 is 2.58 bits per heavy atom. The maximum absolute atomic E-state index is 13.0. The second kappa shape index (κ2) is 9.19. The van der Waals surface area contributed by atoms with Crippen LogP contribution in [0.3, 0.4) is 0 Å². The average Bonchev–Trinajstić information content (AvgIpc) is 2.65. The monoisotopic (exact) mass is 361 g/mol. The molecule has 0 spiro atoms. The lowest BCUT2D eigenvalue weighted by Gasteiger charge is -2.42. The maximum atomic E-state index is 13.0. The van der Waals surface area contributed by atoms with Gasteiger partial charge in [0.05, 0.1) is 0 Å². The predicted molar refractivity (Wildman–Crippen MR) is 98.5 cm³/mol. The minimum absolute atomic E-state index is 0.268. The molecule has 4 amide bonds. The number of benzene rings is 1. The Balaban J connectivity index is 2.32. The summed E-state index contributed by atoms with van der Waals surface area (Å²) in [7, 11) is 0. The molecule has 26 heavy (non-hydrogen) atoms. The quantitative estimate of drug-likeness (QED) is 0.700. The largest absolute Gasteiger partial charge is 0.351 e. The first kappa shape index (κ1) is 19.7. The van der Waals surface area contributed by atoms with E-state index >= 15 is 0 Å². The summed E-state index contributed by atoms with van der Waals surface area (Å²) >= 11 is 0. The van der Waals surface area contributed by atoms with Gasteiger partial charge in [-0.25, -0.2) is 4.79 Å². The molecule has 2 rings (SSSR count). The summed E-state index contributed by atoms with van der Waals surface area (Å²) in [6.45, 7) is 5.53. The van der Waals surface area contributed by atoms with Gasteiger partial charge in [-0.3, -0.25) is 14.5 Å². The van der Waals surface area contributed by atoms with Crippen LogP contribution in [0.5, 0.6) is 0 Å². The molecular weight excluding hydrogens is 334 g/mol. The molecule has 0 saturated carbocycles. The SMILES string of the molecule is CCNC(=O)N1CCCN(C(=O)c2cccc(C)c2)C1C(=O)NCCN. The smallest absolute Gasteiger partial charge is 0.319 e. The summed E-state index contributed by atoms with van der Waals surface area (Å²) in [6, 6.07) is 6.84. The van der Waals surface area contributed by atoms with E-state index in [-0.39, 0.29) is 25.0 Å². The number of aryl methyl sites for hydroxylation is 1. The standard InChI is InChI=1S/C18H27N5O3/c1-3-20-18(26)23-11-5-10-22(16(23)15(24)21-9-8-19)17(25)14-7-4-6-13(2)12-14/h4,6-7,12,16H,3,5,8-11,19H2,1-2H3,(H,20,26)(H,21,24). The van der Waals surface area contributed by atoms with Crippen LogP contribution in [0.4, 0.5) is 4.79 Å². The first-order chi connectivity index (χ1) is 12.5. The van der Waals surface area contributed by atoms with Crippen LogP contribution < -0.4 is 16.4 Å². The van der Waals surface area contributed by atoms with Crippen LogP contribution in [-0.2, 0) is 4.79 Å². The number of amides is 4. The third-order valence-corrected chi connectivity index (χ3v) is 4.18. The Bertz CT molecular complexity index is 664. The van der Waals surface area contributed by atoms with Crippen molar-refractivity contribution < 1.29 is 14.4 Å². The molecule has 8 heteroatoms. The molecule has 1 aliphatic rings. The zero-order valence-electron chi connectivity index (χ0n) is 15.3. The van der Waals surface area contributed by atoms with Crippen molar-refractivity contribution in [3.63, 3.8) is 0 Å². The normalized spacial score (nSPS) is 17.0. The van der Waals surface area contributed by atoms with Crippen molar-refractivity contribution >= 4 is 17.8 Å². The van der Waals surface area contributed by atoms with Gasteiger partial charge in [0.2, 0.25) is 0 Å². The van der Waals surface area contributed by atoms with Crippen molar-refractivity contribution in [3.05, 3.63) is 35.4 Å². The third-order valence-electron chi connectivity index (χ3n) is 4.18. The highest BCUT2D eigenvalue weighted by molar-refractivity contribution is 5.98. The highest BCUT2D eigenvalue weighted by Gasteiger charge is 2.40. The number of nitrogens with zero attached hydrogens (tertiary/aromatic N) is 2. The lowest BCUT2D eigenvalue weighted by molar-refractivity contribution is -0.132. The lowest BCUT2D eigenvalue weighted by atomic mass is 10.1. The molecule has 1 aliphatic heterocycles. The fourth-order valence-electron chi connectivity index (χ4n) is 3.02. The maximum Gasteiger partial charge on any atom is 0.319 e. The van der Waals surface area contributed by atoms with Crippen LogP contribution in [0.15, 0.2) is 24.3 Å². The molecule has 142 valence electrons. The lowest BCUT2D eigenvalue weighted by Crippen LogP contribution is -2.65. The van der Waals surface area contributed by atoms with Crippen molar-refractivity contribution in [2.75, 3.05) is 32.7 Å². The van der Waals surface area contributed by atoms with Crippen molar-refractivity contribution in [1.82, 2.24) is 20.4 Å². The van der Waals surface area contributed by atoms with E-state index in [4.69, 9.17) is 5.73 Å². The molecule has 0 bridgehead atoms. The summed E-state index contributed by atoms with van der Waals surface area (Å²) in [5.41, 5.74) is 6.92. The number of rotatable bonds is 5. The first-order valence-electron chi connectivity index (χ1n) is 8.89. The van der Waals surface area contributed by atoms with Gasteiger partial charge in [-0.1, -0.05) is 17.7 Å². The Morgan fingerprint density at radius 1 is 1.19 bits per heavy atom. The summed E-state index contributed by atoms with van der Waals surface area (Å²) in [5.74, 6) is -0.669. The van der Waals surface area contributed by atoms with Gasteiger partial charge in [0.25, 0.3) is 11.8 Å². The number of nitrogens with two attached hydrogens (primary N) is 1. The van der Waals surface area contributed by atoms with Gasteiger partial charge in [0, 0.05) is 38.3 Å². The number of hydrogen-bond donors (Lipinski definition) is 3. The van der Waals surface area contributed by atoms with E-state index in [9.17, 15) is 14.4 Å². The van der Waals surface area contributed by atoms with E-state index in [0.29, 0.717) is 31.6 Å². The van der Waals surface area contributed by atoms with Gasteiger partial charge in [-0.05, 0) is 32.4 Å². The van der Waals surface area contributed by atoms with Gasteiger partial charge in [-0.2, -0.15) is 0 Å². The second-order valence-corrected chi connectivity index (χ2v) is 6.20. The molecule has 0 aliphatic carbocycles. The van der Waals surface area contributed by atoms with E-state index in [0.717, 1.165) is 5.56 Å². The summed E-state index contributed by atoms with van der Waals surface area (Å²) in [4.78, 5) is 41.0. The Labute approximate surface area is 153 Å². The molecule has 0 radical (unpaired) electrons. The van der Waals surface area contributed by atoms with Crippen LogP contribution in [-0.4, -0.2) is 66.5 Å². The Kier molecular flexibility index (Phi) is 6.97. The Hall–Kier alpha value is -2.61. The van der Waals surface area contributed by atoms with Crippen LogP contribution in [0.1, 0.15) is 29.3 Å². The molecule has 4 N–H and O–H groups in total. The number of urea groups is 1. The highest BCUT2D eigenvalue weighted by Crippen LogP contribution is 2.19. The summed E-state index contributed by atoms with van der Waals surface area (Å²) < 4.78 is 0. The molecule has 8 nitrogen and oxygen atoms in total. The van der Waals surface area contributed by atoms with Crippen molar-refractivity contribution in [2.45, 2.75) is 26.4 Å². The highest BCUT2D eigenvalue weighted by atomic mass is 16.2. The average molecular weight is 361 g/mol. The molecule has 1 aromatic rings. The van der Waals surface area contributed by atoms with Gasteiger partial charge in [0.15, 0.2) is 6.17 Å². The van der Waals surface area contributed by atoms with Crippen LogP contribution in [0.25, 0.3) is 0 Å². The van der Waals surface area contributed by atoms with Gasteiger partial charge >= 0.3 is 6.03 Å². The van der Waals surface area contributed by atoms with E-state index in [1.807, 2.05) is 13.0 Å². The molecular formula is C18H27N5O3. The van der Waals surface area contributed by atoms with Crippen molar-refractivity contribution in [3.8, 4) is 0 Å². The fourth-order valence-corrected chi connectivity index (χ4v) is 3.02. The van der Waals surface area contributed by atoms with Gasteiger partial charge < -0.3 is 21.3 Å². The molecule has 1 unspecified atom stereocenters. The molecule has 0 aromatic heterocycles. The molecule has 1 heterocycles. The fraction of sp³-hybridized carbons (Fsp3) is 0.500. The summed E-state index contributed by atoms with van der Waals surface area (Å²) in [5, 5.41) is 5.41. The zero-order chi connectivity index (χ0) is 19.1. The second-order valence-electron chi connectivity index (χ2n) is 6.20. The number of nitrogens with one attached hydrogen (secondary N) is 2. The topological polar surface area (TPSA) is 108 Å².